The number of anilines is 3. The second kappa shape index (κ2) is 13.6. The molecule has 3 aromatic carbocycles. The third kappa shape index (κ3) is 7.14. The number of benzene rings is 3. The average Bonchev–Trinajstić information content (AvgIpc) is 3.42. The molecule has 0 atom stereocenters. The summed E-state index contributed by atoms with van der Waals surface area (Å²) in [5.74, 6) is 0.944. The molecule has 0 bridgehead atoms. The zero-order chi connectivity index (χ0) is 30.3. The molecule has 1 aliphatic carbocycles. The van der Waals surface area contributed by atoms with Gasteiger partial charge in [-0.05, 0) is 79.6 Å². The van der Waals surface area contributed by atoms with E-state index in [9.17, 15) is 9.59 Å². The number of amides is 2. The first-order chi connectivity index (χ1) is 21.5. The van der Waals surface area contributed by atoms with Gasteiger partial charge in [-0.2, -0.15) is 0 Å². The van der Waals surface area contributed by atoms with Crippen molar-refractivity contribution in [2.75, 3.05) is 28.6 Å². The topological polar surface area (TPSA) is 74.3 Å². The van der Waals surface area contributed by atoms with Crippen molar-refractivity contribution in [1.29, 1.82) is 0 Å². The molecule has 0 radical (unpaired) electrons. The smallest absolute Gasteiger partial charge is 0.327 e. The lowest BCUT2D eigenvalue weighted by atomic mass is 9.98. The van der Waals surface area contributed by atoms with Gasteiger partial charge in [0.2, 0.25) is 0 Å². The Hall–Kier alpha value is -4.97. The van der Waals surface area contributed by atoms with Crippen molar-refractivity contribution < 1.29 is 9.59 Å². The Morgan fingerprint density at radius 1 is 0.864 bits per heavy atom. The zero-order valence-corrected chi connectivity index (χ0v) is 25.2. The Morgan fingerprint density at radius 2 is 1.68 bits per heavy atom. The van der Waals surface area contributed by atoms with Crippen LogP contribution in [0.5, 0.6) is 0 Å². The summed E-state index contributed by atoms with van der Waals surface area (Å²) < 4.78 is 0. The molecule has 6 nitrogen and oxygen atoms in total. The number of hydrogen-bond acceptors (Lipinski definition) is 4. The van der Waals surface area contributed by atoms with Gasteiger partial charge in [-0.25, -0.2) is 9.78 Å². The summed E-state index contributed by atoms with van der Waals surface area (Å²) in [7, 11) is 0. The number of aromatic nitrogens is 1. The van der Waals surface area contributed by atoms with Crippen LogP contribution in [0.25, 0.3) is 16.8 Å². The van der Waals surface area contributed by atoms with Crippen LogP contribution < -0.4 is 15.5 Å². The molecule has 2 aliphatic rings. The number of ketones is 1. The average molecular weight is 583 g/mol. The van der Waals surface area contributed by atoms with Gasteiger partial charge < -0.3 is 10.6 Å². The lowest BCUT2D eigenvalue weighted by molar-refractivity contribution is -0.119. The fourth-order valence-electron chi connectivity index (χ4n) is 5.81. The minimum Gasteiger partial charge on any atom is -0.382 e. The normalized spacial score (nSPS) is 14.2. The quantitative estimate of drug-likeness (QED) is 0.207. The molecular weight excluding hydrogens is 544 g/mol. The van der Waals surface area contributed by atoms with Gasteiger partial charge in [0, 0.05) is 37.2 Å². The minimum absolute atomic E-state index is 0.200. The first-order valence-electron chi connectivity index (χ1n) is 15.5. The number of nitrogens with one attached hydrogen (secondary N) is 2. The number of aryl methyl sites for hydroxylation is 2. The molecule has 0 unspecified atom stereocenters. The van der Waals surface area contributed by atoms with Gasteiger partial charge in [-0.1, -0.05) is 84.0 Å². The van der Waals surface area contributed by atoms with Crippen molar-refractivity contribution in [3.8, 4) is 11.3 Å². The van der Waals surface area contributed by atoms with Crippen LogP contribution in [0.1, 0.15) is 48.8 Å². The molecule has 0 saturated carbocycles. The van der Waals surface area contributed by atoms with E-state index in [2.05, 4.69) is 60.0 Å². The maximum atomic E-state index is 13.7. The Bertz CT molecular complexity index is 1720. The highest BCUT2D eigenvalue weighted by atomic mass is 16.2. The van der Waals surface area contributed by atoms with E-state index in [1.165, 1.54) is 22.3 Å². The van der Waals surface area contributed by atoms with Crippen LogP contribution >= 0.6 is 0 Å². The van der Waals surface area contributed by atoms with Crippen LogP contribution in [-0.2, 0) is 11.2 Å². The van der Waals surface area contributed by atoms with Crippen molar-refractivity contribution in [2.45, 2.75) is 45.4 Å². The van der Waals surface area contributed by atoms with E-state index in [0.717, 1.165) is 60.4 Å². The molecule has 2 heterocycles. The van der Waals surface area contributed by atoms with E-state index in [4.69, 9.17) is 4.98 Å². The fourth-order valence-corrected chi connectivity index (χ4v) is 5.81. The highest BCUT2D eigenvalue weighted by Gasteiger charge is 2.24. The van der Waals surface area contributed by atoms with E-state index >= 15 is 0 Å². The Kier molecular flexibility index (Phi) is 8.97. The summed E-state index contributed by atoms with van der Waals surface area (Å²) in [6.45, 7) is 3.41. The number of pyridine rings is 1. The summed E-state index contributed by atoms with van der Waals surface area (Å²) in [6, 6.07) is 30.2. The number of fused-ring (bicyclic) bond motifs is 1. The number of carbonyl (C=O) groups is 2. The lowest BCUT2D eigenvalue weighted by Gasteiger charge is -2.22. The molecule has 6 heteroatoms. The monoisotopic (exact) mass is 582 g/mol. The first kappa shape index (κ1) is 29.1. The Morgan fingerprint density at radius 3 is 2.55 bits per heavy atom. The molecule has 0 fully saturated rings. The number of nitrogens with zero attached hydrogens (tertiary/aromatic N) is 2. The van der Waals surface area contributed by atoms with Crippen molar-refractivity contribution in [2.24, 2.45) is 0 Å². The first-order valence-corrected chi connectivity index (χ1v) is 15.5. The Balaban J connectivity index is 1.07. The van der Waals surface area contributed by atoms with E-state index in [1.54, 1.807) is 4.90 Å². The minimum atomic E-state index is -0.200. The molecule has 4 aromatic rings. The summed E-state index contributed by atoms with van der Waals surface area (Å²) in [5, 5.41) is 6.55. The predicted octanol–water partition coefficient (Wildman–Crippen LogP) is 8.61. The number of hydrogen-bond donors (Lipinski definition) is 2. The highest BCUT2D eigenvalue weighted by Crippen LogP contribution is 2.33. The van der Waals surface area contributed by atoms with Gasteiger partial charge in [-0.3, -0.25) is 9.69 Å². The van der Waals surface area contributed by atoms with Crippen molar-refractivity contribution in [3.63, 3.8) is 0 Å². The van der Waals surface area contributed by atoms with Crippen molar-refractivity contribution >= 4 is 34.6 Å². The summed E-state index contributed by atoms with van der Waals surface area (Å²) in [6.07, 6.45) is 8.65. The molecule has 2 N–H and O–H groups in total. The number of urea groups is 1. The SMILES string of the molecule is Cc1cccc(-c2ccc3c(n2)N(C(=O)Nc2cccc(C4=CC=C(CCC(=O)CCc5ccccc5)C4)c2)CCCN3)c1. The van der Waals surface area contributed by atoms with Gasteiger partial charge in [0.25, 0.3) is 0 Å². The molecule has 6 rings (SSSR count). The molecule has 0 saturated heterocycles. The highest BCUT2D eigenvalue weighted by molar-refractivity contribution is 6.03. The van der Waals surface area contributed by atoms with Crippen LogP contribution in [0, 0.1) is 6.92 Å². The van der Waals surface area contributed by atoms with Gasteiger partial charge in [0.05, 0.1) is 11.4 Å². The van der Waals surface area contributed by atoms with E-state index in [1.807, 2.05) is 60.7 Å². The van der Waals surface area contributed by atoms with E-state index < -0.39 is 0 Å². The number of carbonyl (C=O) groups excluding carboxylic acids is 2. The Labute approximate surface area is 259 Å². The molecule has 0 spiro atoms. The van der Waals surface area contributed by atoms with Gasteiger partial charge in [-0.15, -0.1) is 0 Å². The second-order valence-electron chi connectivity index (χ2n) is 11.6. The number of allylic oxidation sites excluding steroid dienone is 4. The van der Waals surface area contributed by atoms with Crippen LogP contribution in [0.15, 0.2) is 109 Å². The maximum absolute atomic E-state index is 13.7. The van der Waals surface area contributed by atoms with Gasteiger partial charge >= 0.3 is 6.03 Å². The third-order valence-electron chi connectivity index (χ3n) is 8.25. The van der Waals surface area contributed by atoms with Gasteiger partial charge in [0.1, 0.15) is 5.78 Å². The standard InChI is InChI=1S/C38H38N4O2/c1-27-8-5-12-32(24-27)35-20-21-36-37(41-35)42(23-7-22-39-36)38(44)40-33-13-6-11-30(26-33)31-17-14-29(25-31)16-19-34(43)18-15-28-9-3-2-4-10-28/h2-6,8-14,17,20-21,24,26,39H,7,15-16,18-19,22-23,25H2,1H3,(H,40,44). The summed E-state index contributed by atoms with van der Waals surface area (Å²) in [4.78, 5) is 32.8. The molecule has 222 valence electrons. The zero-order valence-electron chi connectivity index (χ0n) is 25.2. The number of rotatable bonds is 9. The van der Waals surface area contributed by atoms with Crippen LogP contribution in [0.3, 0.4) is 0 Å². The summed E-state index contributed by atoms with van der Waals surface area (Å²) in [5.41, 5.74) is 9.37. The predicted molar refractivity (Wildman–Crippen MR) is 180 cm³/mol. The van der Waals surface area contributed by atoms with E-state index in [-0.39, 0.29) is 6.03 Å². The maximum Gasteiger partial charge on any atom is 0.327 e. The lowest BCUT2D eigenvalue weighted by Crippen LogP contribution is -2.36. The van der Waals surface area contributed by atoms with Crippen LogP contribution in [-0.4, -0.2) is 29.9 Å². The molecule has 1 aromatic heterocycles. The molecule has 44 heavy (non-hydrogen) atoms. The summed E-state index contributed by atoms with van der Waals surface area (Å²) >= 11 is 0. The van der Waals surface area contributed by atoms with Crippen molar-refractivity contribution in [3.05, 3.63) is 125 Å². The molecular formula is C38H38N4O2. The third-order valence-corrected chi connectivity index (χ3v) is 8.25. The fraction of sp³-hybridized carbons (Fsp3) is 0.237. The number of Topliss-reactive ketones (excluding diaryl/α,β-unsaturated/α-hetero) is 1. The van der Waals surface area contributed by atoms with E-state index in [0.29, 0.717) is 31.0 Å². The van der Waals surface area contributed by atoms with Gasteiger partial charge in [0.15, 0.2) is 5.82 Å². The van der Waals surface area contributed by atoms with Crippen LogP contribution in [0.4, 0.5) is 22.0 Å². The molecule has 1 aliphatic heterocycles. The molecule has 2 amide bonds. The second-order valence-corrected chi connectivity index (χ2v) is 11.6. The largest absolute Gasteiger partial charge is 0.382 e. The van der Waals surface area contributed by atoms with Crippen molar-refractivity contribution in [1.82, 2.24) is 4.98 Å². The van der Waals surface area contributed by atoms with Crippen LogP contribution in [0.2, 0.25) is 0 Å².